The van der Waals surface area contributed by atoms with E-state index in [1.165, 1.54) is 6.42 Å². The molecule has 39 heavy (non-hydrogen) atoms. The molecule has 2 saturated heterocycles. The van der Waals surface area contributed by atoms with Gasteiger partial charge < -0.3 is 20.9 Å². The van der Waals surface area contributed by atoms with Crippen LogP contribution in [0.1, 0.15) is 45.5 Å². The van der Waals surface area contributed by atoms with E-state index >= 15 is 0 Å². The zero-order valence-electron chi connectivity index (χ0n) is 21.5. The monoisotopic (exact) mass is 584 g/mol. The smallest absolute Gasteiger partial charge is 0.255 e. The number of carbonyl (C=O) groups is 2. The summed E-state index contributed by atoms with van der Waals surface area (Å²) in [6, 6.07) is 17.7. The summed E-state index contributed by atoms with van der Waals surface area (Å²) in [7, 11) is 0. The van der Waals surface area contributed by atoms with Crippen LogP contribution in [0.25, 0.3) is 0 Å². The Morgan fingerprint density at radius 2 is 1.64 bits per heavy atom. The highest BCUT2D eigenvalue weighted by Gasteiger charge is 2.37. The Kier molecular flexibility index (Phi) is 8.67. The average molecular weight is 586 g/mol. The first-order chi connectivity index (χ1) is 18.8. The molecule has 204 valence electrons. The molecule has 0 atom stereocenters. The van der Waals surface area contributed by atoms with Gasteiger partial charge >= 0.3 is 0 Å². The molecule has 2 amide bonds. The van der Waals surface area contributed by atoms with E-state index in [-0.39, 0.29) is 11.8 Å². The molecule has 0 aromatic heterocycles. The van der Waals surface area contributed by atoms with Crippen LogP contribution in [-0.4, -0.2) is 44.5 Å². The molecule has 1 spiro atoms. The summed E-state index contributed by atoms with van der Waals surface area (Å²) >= 11 is 18.4. The number of halogens is 3. The molecule has 3 N–H and O–H groups in total. The van der Waals surface area contributed by atoms with Crippen LogP contribution in [0.2, 0.25) is 15.1 Å². The van der Waals surface area contributed by atoms with E-state index in [0.29, 0.717) is 50.3 Å². The SMILES string of the molecule is O=C(NCCc1ccc(Cl)cc1Cl)c1ccc(N2CCC3(CCNC3)CC2)c(NC(=O)c2cccc(Cl)c2)c1. The van der Waals surface area contributed by atoms with Gasteiger partial charge in [-0.3, -0.25) is 9.59 Å². The van der Waals surface area contributed by atoms with Crippen LogP contribution in [0.15, 0.2) is 60.7 Å². The summed E-state index contributed by atoms with van der Waals surface area (Å²) in [5.41, 5.74) is 3.72. The first-order valence-electron chi connectivity index (χ1n) is 13.2. The largest absolute Gasteiger partial charge is 0.370 e. The molecule has 3 aromatic carbocycles. The topological polar surface area (TPSA) is 73.5 Å². The number of hydrogen-bond acceptors (Lipinski definition) is 4. The van der Waals surface area contributed by atoms with Crippen molar-refractivity contribution in [2.75, 3.05) is 42.9 Å². The van der Waals surface area contributed by atoms with Gasteiger partial charge in [0.15, 0.2) is 0 Å². The second kappa shape index (κ2) is 12.2. The number of benzene rings is 3. The van der Waals surface area contributed by atoms with E-state index in [1.807, 2.05) is 18.2 Å². The number of nitrogens with one attached hydrogen (secondary N) is 3. The van der Waals surface area contributed by atoms with Gasteiger partial charge in [0.25, 0.3) is 11.8 Å². The second-order valence-electron chi connectivity index (χ2n) is 10.4. The first kappa shape index (κ1) is 27.8. The maximum absolute atomic E-state index is 13.2. The molecular formula is C30H31Cl3N4O2. The zero-order valence-corrected chi connectivity index (χ0v) is 23.8. The van der Waals surface area contributed by atoms with Crippen LogP contribution in [0.3, 0.4) is 0 Å². The quantitative estimate of drug-likeness (QED) is 0.298. The fourth-order valence-electron chi connectivity index (χ4n) is 5.46. The van der Waals surface area contributed by atoms with Crippen LogP contribution >= 0.6 is 34.8 Å². The van der Waals surface area contributed by atoms with Gasteiger partial charge in [0.1, 0.15) is 0 Å². The fourth-order valence-corrected chi connectivity index (χ4v) is 6.15. The highest BCUT2D eigenvalue weighted by atomic mass is 35.5. The standard InChI is InChI=1S/C30H31Cl3N4O2/c31-23-3-1-2-21(16-23)29(39)36-26-17-22(28(38)35-12-8-20-4-6-24(32)18-25(20)33)5-7-27(26)37-14-10-30(11-15-37)9-13-34-19-30/h1-7,16-18,34H,8-15,19H2,(H,35,38)(H,36,39). The van der Waals surface area contributed by atoms with Gasteiger partial charge in [-0.2, -0.15) is 0 Å². The van der Waals surface area contributed by atoms with Gasteiger partial charge in [-0.05, 0) is 91.7 Å². The molecule has 9 heteroatoms. The van der Waals surface area contributed by atoms with Crippen molar-refractivity contribution in [3.63, 3.8) is 0 Å². The zero-order chi connectivity index (χ0) is 27.4. The van der Waals surface area contributed by atoms with Crippen LogP contribution in [0, 0.1) is 5.41 Å². The third-order valence-corrected chi connectivity index (χ3v) is 8.61. The molecule has 6 nitrogen and oxygen atoms in total. The van der Waals surface area contributed by atoms with Crippen molar-refractivity contribution >= 4 is 58.0 Å². The highest BCUT2D eigenvalue weighted by molar-refractivity contribution is 6.35. The van der Waals surface area contributed by atoms with Crippen molar-refractivity contribution in [2.24, 2.45) is 5.41 Å². The van der Waals surface area contributed by atoms with Gasteiger partial charge in [0.2, 0.25) is 0 Å². The Bertz CT molecular complexity index is 1360. The number of rotatable bonds is 7. The maximum Gasteiger partial charge on any atom is 0.255 e. The normalized spacial score (nSPS) is 16.3. The second-order valence-corrected chi connectivity index (χ2v) is 11.6. The molecule has 2 aliphatic rings. The molecule has 0 saturated carbocycles. The average Bonchev–Trinajstić information content (AvgIpc) is 3.38. The molecule has 2 fully saturated rings. The van der Waals surface area contributed by atoms with Gasteiger partial charge in [0.05, 0.1) is 11.4 Å². The van der Waals surface area contributed by atoms with Crippen LogP contribution in [0.5, 0.6) is 0 Å². The number of amides is 2. The summed E-state index contributed by atoms with van der Waals surface area (Å²) in [6.45, 7) is 4.35. The van der Waals surface area contributed by atoms with Gasteiger partial charge in [-0.25, -0.2) is 0 Å². The Morgan fingerprint density at radius 3 is 2.36 bits per heavy atom. The van der Waals surface area contributed by atoms with Crippen molar-refractivity contribution in [2.45, 2.75) is 25.7 Å². The summed E-state index contributed by atoms with van der Waals surface area (Å²) in [5.74, 6) is -0.498. The summed E-state index contributed by atoms with van der Waals surface area (Å²) < 4.78 is 0. The lowest BCUT2D eigenvalue weighted by Gasteiger charge is -2.40. The Morgan fingerprint density at radius 1 is 0.872 bits per heavy atom. The Balaban J connectivity index is 1.33. The summed E-state index contributed by atoms with van der Waals surface area (Å²) in [6.07, 6.45) is 3.97. The molecule has 0 unspecified atom stereocenters. The minimum atomic E-state index is -0.276. The van der Waals surface area contributed by atoms with Gasteiger partial charge in [-0.15, -0.1) is 0 Å². The molecule has 0 radical (unpaired) electrons. The number of hydrogen-bond donors (Lipinski definition) is 3. The van der Waals surface area contributed by atoms with Crippen molar-refractivity contribution < 1.29 is 9.59 Å². The molecule has 2 aliphatic heterocycles. The predicted molar refractivity (Wildman–Crippen MR) is 160 cm³/mol. The number of anilines is 2. The lowest BCUT2D eigenvalue weighted by molar-refractivity contribution is 0.0952. The lowest BCUT2D eigenvalue weighted by atomic mass is 9.77. The molecular weight excluding hydrogens is 555 g/mol. The van der Waals surface area contributed by atoms with E-state index in [9.17, 15) is 9.59 Å². The maximum atomic E-state index is 13.2. The van der Waals surface area contributed by atoms with Crippen LogP contribution in [-0.2, 0) is 6.42 Å². The van der Waals surface area contributed by atoms with Crippen molar-refractivity contribution in [3.05, 3.63) is 92.4 Å². The van der Waals surface area contributed by atoms with E-state index in [4.69, 9.17) is 34.8 Å². The van der Waals surface area contributed by atoms with Crippen LogP contribution < -0.4 is 20.9 Å². The van der Waals surface area contributed by atoms with E-state index in [2.05, 4.69) is 20.9 Å². The Hall–Kier alpha value is -2.77. The molecule has 0 bridgehead atoms. The van der Waals surface area contributed by atoms with E-state index < -0.39 is 0 Å². The first-order valence-corrected chi connectivity index (χ1v) is 14.3. The Labute approximate surface area is 244 Å². The van der Waals surface area contributed by atoms with Crippen molar-refractivity contribution in [1.82, 2.24) is 10.6 Å². The predicted octanol–water partition coefficient (Wildman–Crippen LogP) is 6.45. The summed E-state index contributed by atoms with van der Waals surface area (Å²) in [5, 5.41) is 11.1. The number of carbonyl (C=O) groups excluding carboxylic acids is 2. The highest BCUT2D eigenvalue weighted by Crippen LogP contribution is 2.40. The minimum Gasteiger partial charge on any atom is -0.370 e. The third kappa shape index (κ3) is 6.69. The van der Waals surface area contributed by atoms with Gasteiger partial charge in [-0.1, -0.05) is 46.9 Å². The number of piperidine rings is 1. The van der Waals surface area contributed by atoms with Crippen LogP contribution in [0.4, 0.5) is 11.4 Å². The minimum absolute atomic E-state index is 0.223. The van der Waals surface area contributed by atoms with Crippen molar-refractivity contribution in [1.29, 1.82) is 0 Å². The fraction of sp³-hybridized carbons (Fsp3) is 0.333. The summed E-state index contributed by atoms with van der Waals surface area (Å²) in [4.78, 5) is 28.5. The molecule has 0 aliphatic carbocycles. The van der Waals surface area contributed by atoms with Gasteiger partial charge in [0, 0.05) is 52.4 Å². The third-order valence-electron chi connectivity index (χ3n) is 7.79. The number of nitrogens with zero attached hydrogens (tertiary/aromatic N) is 1. The van der Waals surface area contributed by atoms with E-state index in [0.717, 1.165) is 50.3 Å². The molecule has 5 rings (SSSR count). The van der Waals surface area contributed by atoms with E-state index in [1.54, 1.807) is 42.5 Å². The lowest BCUT2D eigenvalue weighted by Crippen LogP contribution is -2.41. The molecule has 3 aromatic rings. The molecule has 2 heterocycles. The van der Waals surface area contributed by atoms with Crippen molar-refractivity contribution in [3.8, 4) is 0 Å².